The van der Waals surface area contributed by atoms with E-state index in [1.165, 1.54) is 11.3 Å². The van der Waals surface area contributed by atoms with Crippen LogP contribution in [0, 0.1) is 0 Å². The predicted octanol–water partition coefficient (Wildman–Crippen LogP) is 3.73. The number of imidazole rings is 1. The van der Waals surface area contributed by atoms with Gasteiger partial charge >= 0.3 is 0 Å². The van der Waals surface area contributed by atoms with E-state index in [1.807, 2.05) is 48.1 Å². The number of ether oxygens (including phenoxy) is 2. The van der Waals surface area contributed by atoms with Gasteiger partial charge in [-0.3, -0.25) is 4.79 Å². The number of aryl methyl sites for hydroxylation is 1. The first kappa shape index (κ1) is 19.8. The van der Waals surface area contributed by atoms with Crippen molar-refractivity contribution in [3.05, 3.63) is 42.7 Å². The largest absolute Gasteiger partial charge is 0.378 e. The van der Waals surface area contributed by atoms with Crippen LogP contribution in [0.5, 0.6) is 0 Å². The van der Waals surface area contributed by atoms with Gasteiger partial charge in [0, 0.05) is 31.6 Å². The third-order valence-corrected chi connectivity index (χ3v) is 5.71. The van der Waals surface area contributed by atoms with Crippen molar-refractivity contribution in [2.45, 2.75) is 25.4 Å². The van der Waals surface area contributed by atoms with Crippen LogP contribution >= 0.6 is 11.3 Å². The number of carbonyl (C=O) groups excluding carboxylic acids is 1. The highest BCUT2D eigenvalue weighted by Crippen LogP contribution is 2.38. The third-order valence-electron chi connectivity index (χ3n) is 4.75. The molecule has 3 aromatic rings. The maximum atomic E-state index is 12.3. The number of aromatic nitrogens is 3. The fraction of sp³-hybridized carbons (Fsp3) is 0.381. The van der Waals surface area contributed by atoms with Gasteiger partial charge in [-0.15, -0.1) is 0 Å². The maximum absolute atomic E-state index is 12.3. The summed E-state index contributed by atoms with van der Waals surface area (Å²) in [5, 5.41) is 3.46. The molecule has 1 saturated heterocycles. The van der Waals surface area contributed by atoms with Gasteiger partial charge in [-0.05, 0) is 12.8 Å². The van der Waals surface area contributed by atoms with Gasteiger partial charge in [-0.25, -0.2) is 9.97 Å². The van der Waals surface area contributed by atoms with Gasteiger partial charge in [0.05, 0.1) is 36.3 Å². The quantitative estimate of drug-likeness (QED) is 0.571. The second-order valence-electron chi connectivity index (χ2n) is 6.93. The van der Waals surface area contributed by atoms with Gasteiger partial charge in [0.15, 0.2) is 11.0 Å². The molecular formula is C21H24N4O3S. The molecule has 1 N–H and O–H groups in total. The molecular weight excluding hydrogens is 388 g/mol. The van der Waals surface area contributed by atoms with Gasteiger partial charge < -0.3 is 19.4 Å². The molecule has 8 heteroatoms. The lowest BCUT2D eigenvalue weighted by Crippen LogP contribution is -2.18. The molecule has 3 heterocycles. The van der Waals surface area contributed by atoms with Gasteiger partial charge in [-0.1, -0.05) is 41.7 Å². The average Bonchev–Trinajstić information content (AvgIpc) is 3.47. The number of amides is 1. The number of nitrogens with zero attached hydrogens (tertiary/aromatic N) is 3. The molecule has 1 aromatic carbocycles. The average molecular weight is 413 g/mol. The van der Waals surface area contributed by atoms with Gasteiger partial charge in [0.25, 0.3) is 0 Å². The molecule has 0 saturated carbocycles. The van der Waals surface area contributed by atoms with Crippen molar-refractivity contribution >= 4 is 22.4 Å². The van der Waals surface area contributed by atoms with E-state index >= 15 is 0 Å². The van der Waals surface area contributed by atoms with E-state index in [9.17, 15) is 4.79 Å². The highest BCUT2D eigenvalue weighted by Gasteiger charge is 2.19. The molecule has 1 fully saturated rings. The van der Waals surface area contributed by atoms with Crippen LogP contribution in [0.2, 0.25) is 0 Å². The number of hydrogen-bond donors (Lipinski definition) is 1. The Morgan fingerprint density at radius 1 is 1.38 bits per heavy atom. The number of anilines is 1. The van der Waals surface area contributed by atoms with Gasteiger partial charge in [0.2, 0.25) is 5.91 Å². The Morgan fingerprint density at radius 2 is 2.24 bits per heavy atom. The summed E-state index contributed by atoms with van der Waals surface area (Å²) < 4.78 is 13.0. The first-order valence-corrected chi connectivity index (χ1v) is 10.6. The van der Waals surface area contributed by atoms with E-state index in [2.05, 4.69) is 15.3 Å². The molecule has 4 rings (SSSR count). The zero-order valence-electron chi connectivity index (χ0n) is 16.3. The van der Waals surface area contributed by atoms with Crippen LogP contribution in [-0.2, 0) is 21.3 Å². The SMILES string of the molecule is Cn1ccnc1-c1sc(NC(=O)CCOCC2CCCO2)nc1-c1ccccc1. The standard InChI is InChI=1S/C21H24N4O3S/c1-25-11-10-22-20(25)19-18(15-6-3-2-4-7-15)24-21(29-19)23-17(26)9-13-27-14-16-8-5-12-28-16/h2-4,6-7,10-11,16H,5,8-9,12-14H2,1H3,(H,23,24,26). The van der Waals surface area contributed by atoms with E-state index in [1.54, 1.807) is 6.20 Å². The van der Waals surface area contributed by atoms with E-state index in [0.717, 1.165) is 41.4 Å². The van der Waals surface area contributed by atoms with Crippen molar-refractivity contribution in [3.63, 3.8) is 0 Å². The van der Waals surface area contributed by atoms with Crippen molar-refractivity contribution in [1.82, 2.24) is 14.5 Å². The van der Waals surface area contributed by atoms with Crippen molar-refractivity contribution < 1.29 is 14.3 Å². The van der Waals surface area contributed by atoms with Crippen LogP contribution in [-0.4, -0.2) is 46.4 Å². The van der Waals surface area contributed by atoms with Crippen LogP contribution in [0.4, 0.5) is 5.13 Å². The third kappa shape index (κ3) is 4.90. The number of benzene rings is 1. The molecule has 1 aliphatic rings. The molecule has 152 valence electrons. The zero-order valence-corrected chi connectivity index (χ0v) is 17.2. The zero-order chi connectivity index (χ0) is 20.1. The van der Waals surface area contributed by atoms with E-state index in [4.69, 9.17) is 9.47 Å². The molecule has 1 amide bonds. The van der Waals surface area contributed by atoms with Crippen molar-refractivity contribution in [1.29, 1.82) is 0 Å². The molecule has 0 radical (unpaired) electrons. The monoisotopic (exact) mass is 412 g/mol. The minimum Gasteiger partial charge on any atom is -0.378 e. The predicted molar refractivity (Wildman–Crippen MR) is 113 cm³/mol. The Hall–Kier alpha value is -2.55. The summed E-state index contributed by atoms with van der Waals surface area (Å²) in [6, 6.07) is 9.93. The number of hydrogen-bond acceptors (Lipinski definition) is 6. The van der Waals surface area contributed by atoms with Crippen LogP contribution < -0.4 is 5.32 Å². The van der Waals surface area contributed by atoms with Crippen molar-refractivity contribution in [2.75, 3.05) is 25.1 Å². The summed E-state index contributed by atoms with van der Waals surface area (Å²) in [4.78, 5) is 22.4. The van der Waals surface area contributed by atoms with E-state index < -0.39 is 0 Å². The normalized spacial score (nSPS) is 16.2. The van der Waals surface area contributed by atoms with Crippen LogP contribution in [0.1, 0.15) is 19.3 Å². The molecule has 1 atom stereocenters. The first-order valence-electron chi connectivity index (χ1n) is 9.74. The van der Waals surface area contributed by atoms with Crippen LogP contribution in [0.3, 0.4) is 0 Å². The summed E-state index contributed by atoms with van der Waals surface area (Å²) in [5.74, 6) is 0.707. The molecule has 7 nitrogen and oxygen atoms in total. The van der Waals surface area contributed by atoms with Crippen molar-refractivity contribution in [2.24, 2.45) is 7.05 Å². The topological polar surface area (TPSA) is 78.3 Å². The maximum Gasteiger partial charge on any atom is 0.228 e. The van der Waals surface area contributed by atoms with Crippen LogP contribution in [0.15, 0.2) is 42.7 Å². The van der Waals surface area contributed by atoms with Crippen LogP contribution in [0.25, 0.3) is 22.0 Å². The molecule has 0 spiro atoms. The molecule has 2 aromatic heterocycles. The Labute approximate surface area is 173 Å². The van der Waals surface area contributed by atoms with Gasteiger partial charge in [0.1, 0.15) is 0 Å². The molecule has 1 unspecified atom stereocenters. The molecule has 1 aliphatic heterocycles. The lowest BCUT2D eigenvalue weighted by atomic mass is 10.1. The smallest absolute Gasteiger partial charge is 0.228 e. The summed E-state index contributed by atoms with van der Waals surface area (Å²) in [7, 11) is 1.94. The summed E-state index contributed by atoms with van der Waals surface area (Å²) in [6.45, 7) is 1.72. The second kappa shape index (κ2) is 9.30. The molecule has 0 aliphatic carbocycles. The second-order valence-corrected chi connectivity index (χ2v) is 7.93. The Kier molecular flexibility index (Phi) is 6.33. The lowest BCUT2D eigenvalue weighted by Gasteiger charge is -2.09. The highest BCUT2D eigenvalue weighted by atomic mass is 32.1. The fourth-order valence-electron chi connectivity index (χ4n) is 3.24. The first-order chi connectivity index (χ1) is 14.2. The summed E-state index contributed by atoms with van der Waals surface area (Å²) in [6.07, 6.45) is 6.22. The molecule has 0 bridgehead atoms. The molecule has 29 heavy (non-hydrogen) atoms. The number of carbonyl (C=O) groups is 1. The Bertz CT molecular complexity index is 948. The van der Waals surface area contributed by atoms with E-state index in [-0.39, 0.29) is 18.4 Å². The number of thiazole rings is 1. The Balaban J connectivity index is 1.43. The summed E-state index contributed by atoms with van der Waals surface area (Å²) >= 11 is 1.43. The lowest BCUT2D eigenvalue weighted by molar-refractivity contribution is -0.117. The number of nitrogens with one attached hydrogen (secondary N) is 1. The minimum absolute atomic E-state index is 0.114. The highest BCUT2D eigenvalue weighted by molar-refractivity contribution is 7.19. The Morgan fingerprint density at radius 3 is 2.97 bits per heavy atom. The van der Waals surface area contributed by atoms with E-state index in [0.29, 0.717) is 18.3 Å². The van der Waals surface area contributed by atoms with Gasteiger partial charge in [-0.2, -0.15) is 0 Å². The summed E-state index contributed by atoms with van der Waals surface area (Å²) in [5.41, 5.74) is 1.80. The van der Waals surface area contributed by atoms with Crippen molar-refractivity contribution in [3.8, 4) is 22.0 Å². The number of rotatable bonds is 8. The minimum atomic E-state index is -0.114. The fourth-order valence-corrected chi connectivity index (χ4v) is 4.28.